The molecule has 4 nitrogen and oxygen atoms in total. The minimum Gasteiger partial charge on any atom is -0.481 e. The Hall–Kier alpha value is -1.84. The molecule has 0 bridgehead atoms. The molecule has 0 aromatic heterocycles. The molecule has 1 rings (SSSR count). The van der Waals surface area contributed by atoms with Crippen molar-refractivity contribution in [3.05, 3.63) is 35.4 Å². The smallest absolute Gasteiger partial charge is 0.303 e. The molecule has 0 heterocycles. The first-order valence-corrected chi connectivity index (χ1v) is 6.10. The molecule has 1 aromatic rings. The Labute approximate surface area is 106 Å². The van der Waals surface area contributed by atoms with E-state index in [1.165, 1.54) is 0 Å². The van der Waals surface area contributed by atoms with Crippen molar-refractivity contribution in [2.24, 2.45) is 0 Å². The third-order valence-electron chi connectivity index (χ3n) is 2.79. The molecule has 0 saturated carbocycles. The normalized spacial score (nSPS) is 10.2. The van der Waals surface area contributed by atoms with Gasteiger partial charge in [-0.3, -0.25) is 9.59 Å². The van der Waals surface area contributed by atoms with Crippen molar-refractivity contribution in [3.8, 4) is 0 Å². The Balaban J connectivity index is 2.50. The number of rotatable bonds is 8. The minimum absolute atomic E-state index is 0.170. The maximum Gasteiger partial charge on any atom is 0.303 e. The lowest BCUT2D eigenvalue weighted by atomic mass is 9.98. The molecule has 0 aliphatic heterocycles. The van der Waals surface area contributed by atoms with Crippen molar-refractivity contribution >= 4 is 11.9 Å². The van der Waals surface area contributed by atoms with Crippen LogP contribution >= 0.6 is 0 Å². The largest absolute Gasteiger partial charge is 0.481 e. The molecule has 0 fully saturated rings. The van der Waals surface area contributed by atoms with E-state index in [-0.39, 0.29) is 12.8 Å². The summed E-state index contributed by atoms with van der Waals surface area (Å²) in [7, 11) is 0. The highest BCUT2D eigenvalue weighted by Gasteiger charge is 2.05. The van der Waals surface area contributed by atoms with Gasteiger partial charge in [-0.2, -0.15) is 0 Å². The fraction of sp³-hybridized carbons (Fsp3) is 0.429. The zero-order valence-corrected chi connectivity index (χ0v) is 10.3. The molecule has 0 unspecified atom stereocenters. The van der Waals surface area contributed by atoms with Crippen LogP contribution in [-0.4, -0.2) is 22.2 Å². The molecule has 0 atom stereocenters. The fourth-order valence-electron chi connectivity index (χ4n) is 1.91. The molecule has 0 radical (unpaired) electrons. The SMILES string of the molecule is O=C(O)CCCc1ccccc1CCCC(=O)O. The Bertz CT molecular complexity index is 373. The molecule has 4 heteroatoms. The zero-order chi connectivity index (χ0) is 13.4. The summed E-state index contributed by atoms with van der Waals surface area (Å²) in [5, 5.41) is 17.2. The monoisotopic (exact) mass is 250 g/mol. The van der Waals surface area contributed by atoms with Crippen LogP contribution in [0.2, 0.25) is 0 Å². The van der Waals surface area contributed by atoms with Gasteiger partial charge in [0.2, 0.25) is 0 Å². The number of aliphatic carboxylic acids is 2. The van der Waals surface area contributed by atoms with Crippen molar-refractivity contribution in [3.63, 3.8) is 0 Å². The van der Waals surface area contributed by atoms with Gasteiger partial charge in [0.25, 0.3) is 0 Å². The molecular formula is C14H18O4. The number of benzene rings is 1. The highest BCUT2D eigenvalue weighted by atomic mass is 16.4. The van der Waals surface area contributed by atoms with E-state index in [9.17, 15) is 9.59 Å². The van der Waals surface area contributed by atoms with Gasteiger partial charge in [-0.25, -0.2) is 0 Å². The van der Waals surface area contributed by atoms with E-state index in [1.54, 1.807) is 0 Å². The zero-order valence-electron chi connectivity index (χ0n) is 10.3. The predicted molar refractivity (Wildman–Crippen MR) is 67.6 cm³/mol. The number of carbonyl (C=O) groups is 2. The average molecular weight is 250 g/mol. The van der Waals surface area contributed by atoms with Crippen molar-refractivity contribution < 1.29 is 19.8 Å². The molecule has 0 spiro atoms. The third kappa shape index (κ3) is 5.48. The molecular weight excluding hydrogens is 232 g/mol. The van der Waals surface area contributed by atoms with E-state index in [4.69, 9.17) is 10.2 Å². The fourth-order valence-corrected chi connectivity index (χ4v) is 1.91. The maximum atomic E-state index is 10.5. The summed E-state index contributed by atoms with van der Waals surface area (Å²) < 4.78 is 0. The second kappa shape index (κ2) is 7.48. The van der Waals surface area contributed by atoms with Crippen LogP contribution in [0.3, 0.4) is 0 Å². The lowest BCUT2D eigenvalue weighted by molar-refractivity contribution is -0.138. The summed E-state index contributed by atoms with van der Waals surface area (Å²) in [5.74, 6) is -1.56. The first-order chi connectivity index (χ1) is 8.59. The lowest BCUT2D eigenvalue weighted by Crippen LogP contribution is -2.00. The second-order valence-corrected chi connectivity index (χ2v) is 4.26. The Kier molecular flexibility index (Phi) is 5.91. The summed E-state index contributed by atoms with van der Waals surface area (Å²) >= 11 is 0. The topological polar surface area (TPSA) is 74.6 Å². The summed E-state index contributed by atoms with van der Waals surface area (Å²) in [6.07, 6.45) is 3.04. The van der Waals surface area contributed by atoms with Gasteiger partial charge in [-0.1, -0.05) is 24.3 Å². The van der Waals surface area contributed by atoms with Crippen LogP contribution < -0.4 is 0 Å². The highest BCUT2D eigenvalue weighted by molar-refractivity contribution is 5.67. The van der Waals surface area contributed by atoms with Crippen LogP contribution in [0.4, 0.5) is 0 Å². The van der Waals surface area contributed by atoms with Gasteiger partial charge in [0.05, 0.1) is 0 Å². The molecule has 0 aliphatic rings. The predicted octanol–water partition coefficient (Wildman–Crippen LogP) is 2.50. The van der Waals surface area contributed by atoms with Gasteiger partial charge < -0.3 is 10.2 Å². The molecule has 2 N–H and O–H groups in total. The molecule has 98 valence electrons. The molecule has 18 heavy (non-hydrogen) atoms. The van der Waals surface area contributed by atoms with Crippen molar-refractivity contribution in [2.75, 3.05) is 0 Å². The first-order valence-electron chi connectivity index (χ1n) is 6.10. The Morgan fingerprint density at radius 3 is 1.56 bits per heavy atom. The number of carboxylic acids is 2. The third-order valence-corrected chi connectivity index (χ3v) is 2.79. The number of hydrogen-bond acceptors (Lipinski definition) is 2. The standard InChI is InChI=1S/C14H18O4/c15-13(16)9-3-7-11-5-1-2-6-12(11)8-4-10-14(17)18/h1-2,5-6H,3-4,7-10H2,(H,15,16)(H,17,18). The van der Waals surface area contributed by atoms with Crippen LogP contribution in [0, 0.1) is 0 Å². The van der Waals surface area contributed by atoms with Gasteiger partial charge in [0, 0.05) is 12.8 Å². The van der Waals surface area contributed by atoms with E-state index in [1.807, 2.05) is 24.3 Å². The van der Waals surface area contributed by atoms with Gasteiger partial charge >= 0.3 is 11.9 Å². The molecule has 0 saturated heterocycles. The van der Waals surface area contributed by atoms with E-state index < -0.39 is 11.9 Å². The minimum atomic E-state index is -0.779. The average Bonchev–Trinajstić information content (AvgIpc) is 2.30. The van der Waals surface area contributed by atoms with E-state index >= 15 is 0 Å². The van der Waals surface area contributed by atoms with E-state index in [0.717, 1.165) is 24.0 Å². The van der Waals surface area contributed by atoms with Crippen LogP contribution in [0.15, 0.2) is 24.3 Å². The van der Waals surface area contributed by atoms with Gasteiger partial charge in [-0.05, 0) is 36.8 Å². The highest BCUT2D eigenvalue weighted by Crippen LogP contribution is 2.14. The quantitative estimate of drug-likeness (QED) is 0.743. The lowest BCUT2D eigenvalue weighted by Gasteiger charge is -2.08. The van der Waals surface area contributed by atoms with Crippen LogP contribution in [0.25, 0.3) is 0 Å². The van der Waals surface area contributed by atoms with Crippen LogP contribution in [-0.2, 0) is 22.4 Å². The maximum absolute atomic E-state index is 10.5. The van der Waals surface area contributed by atoms with Crippen molar-refractivity contribution in [1.29, 1.82) is 0 Å². The van der Waals surface area contributed by atoms with Gasteiger partial charge in [0.15, 0.2) is 0 Å². The summed E-state index contributed by atoms with van der Waals surface area (Å²) in [6.45, 7) is 0. The Morgan fingerprint density at radius 1 is 0.833 bits per heavy atom. The van der Waals surface area contributed by atoms with E-state index in [2.05, 4.69) is 0 Å². The van der Waals surface area contributed by atoms with E-state index in [0.29, 0.717) is 12.8 Å². The molecule has 1 aromatic carbocycles. The Morgan fingerprint density at radius 2 is 1.22 bits per heavy atom. The summed E-state index contributed by atoms with van der Waals surface area (Å²) in [6, 6.07) is 7.82. The van der Waals surface area contributed by atoms with Crippen LogP contribution in [0.1, 0.15) is 36.8 Å². The number of carboxylic acid groups (broad SMARTS) is 2. The van der Waals surface area contributed by atoms with Gasteiger partial charge in [0.1, 0.15) is 0 Å². The first kappa shape index (κ1) is 14.2. The van der Waals surface area contributed by atoms with Crippen LogP contribution in [0.5, 0.6) is 0 Å². The van der Waals surface area contributed by atoms with Crippen molar-refractivity contribution in [1.82, 2.24) is 0 Å². The summed E-state index contributed by atoms with van der Waals surface area (Å²) in [4.78, 5) is 20.9. The number of aryl methyl sites for hydroxylation is 2. The van der Waals surface area contributed by atoms with Crippen molar-refractivity contribution in [2.45, 2.75) is 38.5 Å². The molecule has 0 amide bonds. The molecule has 0 aliphatic carbocycles. The summed E-state index contributed by atoms with van der Waals surface area (Å²) in [5.41, 5.74) is 2.26. The number of hydrogen-bond donors (Lipinski definition) is 2. The van der Waals surface area contributed by atoms with Gasteiger partial charge in [-0.15, -0.1) is 0 Å². The second-order valence-electron chi connectivity index (χ2n) is 4.26.